The zero-order valence-corrected chi connectivity index (χ0v) is 12.2. The Morgan fingerprint density at radius 1 is 1.00 bits per heavy atom. The molecule has 0 N–H and O–H groups in total. The van der Waals surface area contributed by atoms with E-state index in [2.05, 4.69) is 0 Å². The number of amides is 2. The summed E-state index contributed by atoms with van der Waals surface area (Å²) in [7, 11) is 0. The number of carbonyl (C=O) groups is 2. The summed E-state index contributed by atoms with van der Waals surface area (Å²) in [6, 6.07) is 17.0. The lowest BCUT2D eigenvalue weighted by Crippen LogP contribution is -2.28. The van der Waals surface area contributed by atoms with Gasteiger partial charge < -0.3 is 4.74 Å². The summed E-state index contributed by atoms with van der Waals surface area (Å²) < 4.78 is 5.08. The highest BCUT2D eigenvalue weighted by molar-refractivity contribution is 6.09. The van der Waals surface area contributed by atoms with Crippen LogP contribution < -0.4 is 0 Å². The Balaban J connectivity index is 1.80. The molecule has 0 radical (unpaired) electrons. The lowest BCUT2D eigenvalue weighted by molar-refractivity contribution is -0.123. The van der Waals surface area contributed by atoms with E-state index in [0.29, 0.717) is 0 Å². The minimum absolute atomic E-state index is 0.0586. The highest BCUT2D eigenvalue weighted by Crippen LogP contribution is 2.21. The summed E-state index contributed by atoms with van der Waals surface area (Å²) in [6.07, 6.45) is 0.947. The fourth-order valence-electron chi connectivity index (χ4n) is 2.21. The van der Waals surface area contributed by atoms with Gasteiger partial charge in [-0.05, 0) is 24.1 Å². The Labute approximate surface area is 128 Å². The van der Waals surface area contributed by atoms with E-state index in [4.69, 9.17) is 4.74 Å². The number of cyclic esters (lactones) is 1. The van der Waals surface area contributed by atoms with E-state index >= 15 is 0 Å². The third kappa shape index (κ3) is 2.91. The average molecular weight is 293 g/mol. The molecule has 1 aliphatic heterocycles. The van der Waals surface area contributed by atoms with Crippen LogP contribution in [-0.4, -0.2) is 16.9 Å². The van der Waals surface area contributed by atoms with E-state index in [0.717, 1.165) is 21.6 Å². The van der Waals surface area contributed by atoms with Gasteiger partial charge in [0, 0.05) is 0 Å². The van der Waals surface area contributed by atoms with Crippen molar-refractivity contribution in [2.45, 2.75) is 13.5 Å². The largest absolute Gasteiger partial charge is 0.422 e. The van der Waals surface area contributed by atoms with Crippen LogP contribution in [0.5, 0.6) is 0 Å². The van der Waals surface area contributed by atoms with Crippen LogP contribution >= 0.6 is 0 Å². The second-order valence-electron chi connectivity index (χ2n) is 5.16. The highest BCUT2D eigenvalue weighted by atomic mass is 16.6. The van der Waals surface area contributed by atoms with Gasteiger partial charge in [-0.2, -0.15) is 0 Å². The number of aryl methyl sites for hydroxylation is 1. The zero-order valence-electron chi connectivity index (χ0n) is 12.2. The molecule has 3 rings (SSSR count). The smallest absolute Gasteiger partial charge is 0.404 e. The molecular weight excluding hydrogens is 278 g/mol. The standard InChI is InChI=1S/C18H15NO3/c1-13-7-9-15(10-8-13)12-19-17(20)16(22-18(19)21)11-14-5-3-2-4-6-14/h2-11H,12H2,1H3/b16-11-. The second-order valence-corrected chi connectivity index (χ2v) is 5.16. The van der Waals surface area contributed by atoms with Crippen LogP contribution in [0.3, 0.4) is 0 Å². The number of nitrogens with zero attached hydrogens (tertiary/aromatic N) is 1. The molecule has 0 aromatic heterocycles. The first kappa shape index (κ1) is 14.1. The first-order valence-corrected chi connectivity index (χ1v) is 6.99. The third-order valence-corrected chi connectivity index (χ3v) is 3.43. The monoisotopic (exact) mass is 293 g/mol. The summed E-state index contributed by atoms with van der Waals surface area (Å²) in [4.78, 5) is 25.3. The van der Waals surface area contributed by atoms with Gasteiger partial charge in [0.05, 0.1) is 6.54 Å². The van der Waals surface area contributed by atoms with Gasteiger partial charge in [0.1, 0.15) is 0 Å². The van der Waals surface area contributed by atoms with Crippen molar-refractivity contribution in [3.05, 3.63) is 77.0 Å². The molecule has 0 atom stereocenters. The van der Waals surface area contributed by atoms with Gasteiger partial charge in [-0.25, -0.2) is 9.69 Å². The number of rotatable bonds is 3. The molecule has 1 saturated heterocycles. The molecular formula is C18H15NO3. The summed E-state index contributed by atoms with van der Waals surface area (Å²) in [6.45, 7) is 2.20. The molecule has 0 unspecified atom stereocenters. The summed E-state index contributed by atoms with van der Waals surface area (Å²) in [5, 5.41) is 0. The van der Waals surface area contributed by atoms with Crippen LogP contribution in [0.4, 0.5) is 4.79 Å². The molecule has 2 amide bonds. The second kappa shape index (κ2) is 5.85. The topological polar surface area (TPSA) is 46.6 Å². The van der Waals surface area contributed by atoms with Gasteiger partial charge in [-0.1, -0.05) is 60.2 Å². The van der Waals surface area contributed by atoms with Crippen molar-refractivity contribution in [2.24, 2.45) is 0 Å². The predicted octanol–water partition coefficient (Wildman–Crippen LogP) is 3.51. The van der Waals surface area contributed by atoms with Gasteiger partial charge in [-0.15, -0.1) is 0 Å². The highest BCUT2D eigenvalue weighted by Gasteiger charge is 2.36. The van der Waals surface area contributed by atoms with Crippen molar-refractivity contribution in [3.8, 4) is 0 Å². The van der Waals surface area contributed by atoms with Crippen LogP contribution in [0.25, 0.3) is 6.08 Å². The molecule has 0 spiro atoms. The Morgan fingerprint density at radius 2 is 1.68 bits per heavy atom. The zero-order chi connectivity index (χ0) is 15.5. The molecule has 110 valence electrons. The minimum atomic E-state index is -0.632. The predicted molar refractivity (Wildman–Crippen MR) is 82.6 cm³/mol. The Bertz CT molecular complexity index is 733. The van der Waals surface area contributed by atoms with Crippen LogP contribution in [0.15, 0.2) is 60.4 Å². The van der Waals surface area contributed by atoms with Crippen molar-refractivity contribution in [3.63, 3.8) is 0 Å². The van der Waals surface area contributed by atoms with Crippen LogP contribution in [0.2, 0.25) is 0 Å². The Hall–Kier alpha value is -2.88. The minimum Gasteiger partial charge on any atom is -0.404 e. The van der Waals surface area contributed by atoms with Gasteiger partial charge in [0.25, 0.3) is 5.91 Å². The molecule has 4 heteroatoms. The van der Waals surface area contributed by atoms with Gasteiger partial charge in [0.15, 0.2) is 5.76 Å². The molecule has 2 aromatic rings. The number of hydrogen-bond donors (Lipinski definition) is 0. The quantitative estimate of drug-likeness (QED) is 0.813. The molecule has 0 bridgehead atoms. The normalized spacial score (nSPS) is 16.2. The lowest BCUT2D eigenvalue weighted by atomic mass is 10.1. The maximum absolute atomic E-state index is 12.3. The summed E-state index contributed by atoms with van der Waals surface area (Å²) in [5.41, 5.74) is 2.83. The van der Waals surface area contributed by atoms with E-state index in [1.54, 1.807) is 6.08 Å². The Kier molecular flexibility index (Phi) is 3.74. The van der Waals surface area contributed by atoms with Gasteiger partial charge in [-0.3, -0.25) is 4.79 Å². The first-order chi connectivity index (χ1) is 10.6. The van der Waals surface area contributed by atoms with E-state index in [1.165, 1.54) is 0 Å². The van der Waals surface area contributed by atoms with Gasteiger partial charge >= 0.3 is 6.09 Å². The maximum atomic E-state index is 12.3. The van der Waals surface area contributed by atoms with Crippen molar-refractivity contribution in [1.82, 2.24) is 4.90 Å². The number of carbonyl (C=O) groups excluding carboxylic acids is 2. The first-order valence-electron chi connectivity index (χ1n) is 6.99. The average Bonchev–Trinajstić information content (AvgIpc) is 2.78. The molecule has 1 fully saturated rings. The molecule has 4 nitrogen and oxygen atoms in total. The van der Waals surface area contributed by atoms with Crippen LogP contribution in [-0.2, 0) is 16.1 Å². The van der Waals surface area contributed by atoms with Crippen molar-refractivity contribution in [1.29, 1.82) is 0 Å². The van der Waals surface area contributed by atoms with Crippen LogP contribution in [0.1, 0.15) is 16.7 Å². The SMILES string of the molecule is Cc1ccc(CN2C(=O)O/C(=C\c3ccccc3)C2=O)cc1. The summed E-state index contributed by atoms with van der Waals surface area (Å²) in [5.74, 6) is -0.349. The van der Waals surface area contributed by atoms with Gasteiger partial charge in [0.2, 0.25) is 0 Å². The number of benzene rings is 2. The van der Waals surface area contributed by atoms with Crippen LogP contribution in [0, 0.1) is 6.92 Å². The summed E-state index contributed by atoms with van der Waals surface area (Å²) >= 11 is 0. The van der Waals surface area contributed by atoms with E-state index in [9.17, 15) is 9.59 Å². The lowest BCUT2D eigenvalue weighted by Gasteiger charge is -2.10. The third-order valence-electron chi connectivity index (χ3n) is 3.43. The van der Waals surface area contributed by atoms with E-state index in [-0.39, 0.29) is 12.3 Å². The molecule has 22 heavy (non-hydrogen) atoms. The Morgan fingerprint density at radius 3 is 2.36 bits per heavy atom. The fourth-order valence-corrected chi connectivity index (χ4v) is 2.21. The van der Waals surface area contributed by atoms with Crippen molar-refractivity contribution in [2.75, 3.05) is 0 Å². The maximum Gasteiger partial charge on any atom is 0.422 e. The molecule has 1 heterocycles. The van der Waals surface area contributed by atoms with Crippen molar-refractivity contribution >= 4 is 18.1 Å². The molecule has 2 aromatic carbocycles. The fraction of sp³-hybridized carbons (Fsp3) is 0.111. The van der Waals surface area contributed by atoms with E-state index < -0.39 is 12.0 Å². The molecule has 1 aliphatic rings. The van der Waals surface area contributed by atoms with E-state index in [1.807, 2.05) is 61.5 Å². The molecule has 0 saturated carbocycles. The number of hydrogen-bond acceptors (Lipinski definition) is 3. The van der Waals surface area contributed by atoms with Crippen molar-refractivity contribution < 1.29 is 14.3 Å². The number of ether oxygens (including phenoxy) is 1. The number of imide groups is 1. The molecule has 0 aliphatic carbocycles.